The Hall–Kier alpha value is -2.18. The molecule has 0 aliphatic heterocycles. The largest absolute Gasteiger partial charge is 0.392 e. The van der Waals surface area contributed by atoms with E-state index in [1.165, 1.54) is 10.8 Å². The van der Waals surface area contributed by atoms with Crippen LogP contribution in [0.4, 0.5) is 0 Å². The van der Waals surface area contributed by atoms with Crippen molar-refractivity contribution in [1.82, 2.24) is 9.55 Å². The van der Waals surface area contributed by atoms with Gasteiger partial charge in [-0.3, -0.25) is 14.3 Å². The minimum Gasteiger partial charge on any atom is -0.392 e. The number of nitrogens with zero attached hydrogens (tertiary/aromatic N) is 1. The molecule has 0 spiro atoms. The van der Waals surface area contributed by atoms with Crippen molar-refractivity contribution >= 4 is 0 Å². The topological polar surface area (TPSA) is 95.3 Å². The molecule has 6 heteroatoms. The number of aryl methyl sites for hydroxylation is 1. The predicted octanol–water partition coefficient (Wildman–Crippen LogP) is -0.181. The summed E-state index contributed by atoms with van der Waals surface area (Å²) in [5.74, 6) is 0. The second-order valence-corrected chi connectivity index (χ2v) is 4.27. The summed E-state index contributed by atoms with van der Waals surface area (Å²) in [7, 11) is 0. The molecular weight excluding hydrogens is 248 g/mol. The normalized spacial score (nSPS) is 10.7. The van der Waals surface area contributed by atoms with E-state index in [1.54, 1.807) is 25.1 Å². The molecule has 0 fully saturated rings. The fraction of sp³-hybridized carbons (Fsp3) is 0.231. The zero-order valence-corrected chi connectivity index (χ0v) is 10.4. The van der Waals surface area contributed by atoms with Gasteiger partial charge in [-0.1, -0.05) is 6.07 Å². The van der Waals surface area contributed by atoms with Crippen molar-refractivity contribution in [3.63, 3.8) is 0 Å². The van der Waals surface area contributed by atoms with E-state index in [0.29, 0.717) is 22.4 Å². The fourth-order valence-corrected chi connectivity index (χ4v) is 1.82. The Morgan fingerprint density at radius 3 is 2.21 bits per heavy atom. The van der Waals surface area contributed by atoms with Gasteiger partial charge in [0.05, 0.1) is 18.9 Å². The molecule has 0 bridgehead atoms. The molecule has 0 aliphatic carbocycles. The average Bonchev–Trinajstić information content (AvgIpc) is 2.42. The number of aromatic nitrogens is 2. The Balaban J connectivity index is 2.68. The first-order valence-corrected chi connectivity index (χ1v) is 5.72. The maximum Gasteiger partial charge on any atom is 0.332 e. The van der Waals surface area contributed by atoms with Gasteiger partial charge in [0.1, 0.15) is 0 Å². The van der Waals surface area contributed by atoms with Crippen LogP contribution in [-0.4, -0.2) is 19.8 Å². The summed E-state index contributed by atoms with van der Waals surface area (Å²) in [5, 5.41) is 18.3. The number of nitrogens with one attached hydrogen (secondary N) is 1. The zero-order chi connectivity index (χ0) is 14.0. The van der Waals surface area contributed by atoms with Gasteiger partial charge in [0.25, 0.3) is 5.56 Å². The van der Waals surface area contributed by atoms with Gasteiger partial charge in [-0.2, -0.15) is 0 Å². The molecule has 1 aromatic carbocycles. The van der Waals surface area contributed by atoms with E-state index in [9.17, 15) is 19.8 Å². The van der Waals surface area contributed by atoms with Crippen molar-refractivity contribution in [1.29, 1.82) is 0 Å². The number of aliphatic hydroxyl groups is 2. The first-order valence-electron chi connectivity index (χ1n) is 5.72. The van der Waals surface area contributed by atoms with E-state index in [4.69, 9.17) is 0 Å². The molecule has 0 saturated carbocycles. The molecule has 0 amide bonds. The first-order chi connectivity index (χ1) is 9.05. The van der Waals surface area contributed by atoms with Crippen LogP contribution in [0, 0.1) is 6.92 Å². The van der Waals surface area contributed by atoms with Crippen molar-refractivity contribution in [2.24, 2.45) is 0 Å². The summed E-state index contributed by atoms with van der Waals surface area (Å²) in [6, 6.07) is 4.89. The summed E-state index contributed by atoms with van der Waals surface area (Å²) in [6.07, 6.45) is 1.43. The molecule has 2 aromatic rings. The smallest absolute Gasteiger partial charge is 0.332 e. The predicted molar refractivity (Wildman–Crippen MR) is 69.2 cm³/mol. The van der Waals surface area contributed by atoms with Crippen molar-refractivity contribution in [2.45, 2.75) is 20.1 Å². The highest BCUT2D eigenvalue weighted by molar-refractivity contribution is 5.40. The molecule has 1 heterocycles. The Kier molecular flexibility index (Phi) is 3.64. The molecule has 2 rings (SSSR count). The van der Waals surface area contributed by atoms with Crippen LogP contribution < -0.4 is 11.2 Å². The van der Waals surface area contributed by atoms with Gasteiger partial charge in [0, 0.05) is 11.8 Å². The minimum atomic E-state index is -0.561. The van der Waals surface area contributed by atoms with Crippen molar-refractivity contribution in [3.8, 4) is 5.69 Å². The quantitative estimate of drug-likeness (QED) is 0.715. The van der Waals surface area contributed by atoms with Gasteiger partial charge in [0.15, 0.2) is 0 Å². The lowest BCUT2D eigenvalue weighted by molar-refractivity contribution is 0.275. The van der Waals surface area contributed by atoms with Gasteiger partial charge in [-0.25, -0.2) is 4.79 Å². The molecular formula is C13H14N2O4. The average molecular weight is 262 g/mol. The summed E-state index contributed by atoms with van der Waals surface area (Å²) >= 11 is 0. The fourth-order valence-electron chi connectivity index (χ4n) is 1.82. The van der Waals surface area contributed by atoms with E-state index in [-0.39, 0.29) is 13.2 Å². The number of rotatable bonds is 3. The zero-order valence-electron chi connectivity index (χ0n) is 10.4. The molecule has 19 heavy (non-hydrogen) atoms. The minimum absolute atomic E-state index is 0.197. The highest BCUT2D eigenvalue weighted by Gasteiger charge is 2.06. The first kappa shape index (κ1) is 13.3. The molecule has 100 valence electrons. The Bertz CT molecular complexity index is 693. The van der Waals surface area contributed by atoms with Gasteiger partial charge < -0.3 is 10.2 Å². The van der Waals surface area contributed by atoms with Crippen LogP contribution in [-0.2, 0) is 13.2 Å². The van der Waals surface area contributed by atoms with Gasteiger partial charge in [0.2, 0.25) is 0 Å². The standard InChI is InChI=1S/C13H14N2O4/c1-8-5-15(13(19)14-12(8)18)11-3-9(6-16)2-10(4-11)7-17/h2-5,16-17H,6-7H2,1H3,(H,14,18,19). The summed E-state index contributed by atoms with van der Waals surface area (Å²) in [5.41, 5.74) is 1.06. The maximum absolute atomic E-state index is 11.8. The van der Waals surface area contributed by atoms with E-state index >= 15 is 0 Å². The van der Waals surface area contributed by atoms with Crippen molar-refractivity contribution < 1.29 is 10.2 Å². The Morgan fingerprint density at radius 2 is 1.68 bits per heavy atom. The molecule has 0 saturated heterocycles. The van der Waals surface area contributed by atoms with E-state index in [1.807, 2.05) is 0 Å². The monoisotopic (exact) mass is 262 g/mol. The number of aromatic amines is 1. The summed E-state index contributed by atoms with van der Waals surface area (Å²) < 4.78 is 1.27. The van der Waals surface area contributed by atoms with Crippen LogP contribution in [0.3, 0.4) is 0 Å². The molecule has 0 atom stereocenters. The second kappa shape index (κ2) is 5.21. The number of benzene rings is 1. The SMILES string of the molecule is Cc1cn(-c2cc(CO)cc(CO)c2)c(=O)[nH]c1=O. The number of H-pyrrole nitrogens is 1. The lowest BCUT2D eigenvalue weighted by atomic mass is 10.1. The Morgan fingerprint density at radius 1 is 1.11 bits per heavy atom. The maximum atomic E-state index is 11.8. The second-order valence-electron chi connectivity index (χ2n) is 4.27. The Labute approximate surface area is 108 Å². The highest BCUT2D eigenvalue weighted by atomic mass is 16.3. The van der Waals surface area contributed by atoms with Crippen LogP contribution in [0.2, 0.25) is 0 Å². The summed E-state index contributed by atoms with van der Waals surface area (Å²) in [6.45, 7) is 1.20. The molecule has 6 nitrogen and oxygen atoms in total. The van der Waals surface area contributed by atoms with Crippen molar-refractivity contribution in [2.75, 3.05) is 0 Å². The lowest BCUT2D eigenvalue weighted by Gasteiger charge is -2.09. The third kappa shape index (κ3) is 2.64. The van der Waals surface area contributed by atoms with Gasteiger partial charge >= 0.3 is 5.69 Å². The van der Waals surface area contributed by atoms with Gasteiger partial charge in [-0.05, 0) is 30.2 Å². The lowest BCUT2D eigenvalue weighted by Crippen LogP contribution is -2.29. The van der Waals surface area contributed by atoms with Crippen LogP contribution in [0.25, 0.3) is 5.69 Å². The third-order valence-corrected chi connectivity index (χ3v) is 2.80. The molecule has 1 aromatic heterocycles. The molecule has 0 unspecified atom stereocenters. The van der Waals surface area contributed by atoms with E-state index in [0.717, 1.165) is 0 Å². The number of aliphatic hydroxyl groups excluding tert-OH is 2. The van der Waals surface area contributed by atoms with Crippen molar-refractivity contribution in [3.05, 3.63) is 61.9 Å². The van der Waals surface area contributed by atoms with E-state index < -0.39 is 11.2 Å². The number of hydrogen-bond acceptors (Lipinski definition) is 4. The summed E-state index contributed by atoms with van der Waals surface area (Å²) in [4.78, 5) is 25.3. The van der Waals surface area contributed by atoms with E-state index in [2.05, 4.69) is 4.98 Å². The van der Waals surface area contributed by atoms with Crippen LogP contribution in [0.1, 0.15) is 16.7 Å². The van der Waals surface area contributed by atoms with Crippen LogP contribution in [0.5, 0.6) is 0 Å². The third-order valence-electron chi connectivity index (χ3n) is 2.80. The molecule has 0 aliphatic rings. The molecule has 3 N–H and O–H groups in total. The highest BCUT2D eigenvalue weighted by Crippen LogP contribution is 2.13. The van der Waals surface area contributed by atoms with Crippen LogP contribution >= 0.6 is 0 Å². The number of hydrogen-bond donors (Lipinski definition) is 3. The molecule has 0 radical (unpaired) electrons. The van der Waals surface area contributed by atoms with Crippen LogP contribution in [0.15, 0.2) is 34.0 Å². The van der Waals surface area contributed by atoms with Gasteiger partial charge in [-0.15, -0.1) is 0 Å².